The molecule has 0 unspecified atom stereocenters. The van der Waals surface area contributed by atoms with Gasteiger partial charge in [0, 0.05) is 18.1 Å². The minimum Gasteiger partial charge on any atom is -0.396 e. The lowest BCUT2D eigenvalue weighted by Gasteiger charge is -2.56. The van der Waals surface area contributed by atoms with Crippen LogP contribution in [0.1, 0.15) is 40.0 Å². The zero-order valence-corrected chi connectivity index (χ0v) is 12.7. The molecule has 4 atom stereocenters. The minimum atomic E-state index is 0.0584. The molecule has 3 N–H and O–H groups in total. The Morgan fingerprint density at radius 3 is 2.22 bits per heavy atom. The van der Waals surface area contributed by atoms with Crippen LogP contribution in [-0.2, 0) is 0 Å². The molecular formula is C15H30N2O. The largest absolute Gasteiger partial charge is 0.396 e. The molecule has 0 saturated heterocycles. The Balaban J connectivity index is 2.52. The number of hydrogen-bond donors (Lipinski definition) is 2. The Morgan fingerprint density at radius 1 is 1.33 bits per heavy atom. The minimum absolute atomic E-state index is 0.0584. The summed E-state index contributed by atoms with van der Waals surface area (Å²) in [5, 5.41) is 9.81. The van der Waals surface area contributed by atoms with Gasteiger partial charge in [0.25, 0.3) is 0 Å². The molecule has 2 aliphatic carbocycles. The molecular weight excluding hydrogens is 224 g/mol. The molecule has 0 heterocycles. The molecule has 0 aromatic heterocycles. The van der Waals surface area contributed by atoms with E-state index < -0.39 is 0 Å². The van der Waals surface area contributed by atoms with Crippen LogP contribution in [0.5, 0.6) is 0 Å². The van der Waals surface area contributed by atoms with Crippen molar-refractivity contribution in [2.24, 2.45) is 28.4 Å². The maximum Gasteiger partial charge on any atom is 0.0489 e. The van der Waals surface area contributed by atoms with Gasteiger partial charge >= 0.3 is 0 Å². The Bertz CT molecular complexity index is 324. The molecule has 2 saturated carbocycles. The van der Waals surface area contributed by atoms with Gasteiger partial charge in [0.1, 0.15) is 0 Å². The molecule has 3 nitrogen and oxygen atoms in total. The van der Waals surface area contributed by atoms with E-state index in [1.807, 2.05) is 0 Å². The summed E-state index contributed by atoms with van der Waals surface area (Å²) in [4.78, 5) is 2.36. The quantitative estimate of drug-likeness (QED) is 0.803. The Hall–Kier alpha value is -0.120. The number of aliphatic hydroxyl groups excluding tert-OH is 1. The van der Waals surface area contributed by atoms with E-state index in [0.29, 0.717) is 12.0 Å². The predicted octanol–water partition coefficient (Wildman–Crippen LogP) is 1.70. The molecule has 106 valence electrons. The van der Waals surface area contributed by atoms with Crippen LogP contribution in [0.3, 0.4) is 0 Å². The summed E-state index contributed by atoms with van der Waals surface area (Å²) in [5.74, 6) is 0.951. The number of fused-ring (bicyclic) bond motifs is 2. The van der Waals surface area contributed by atoms with E-state index >= 15 is 0 Å². The summed E-state index contributed by atoms with van der Waals surface area (Å²) in [7, 11) is 4.33. The summed E-state index contributed by atoms with van der Waals surface area (Å²) >= 11 is 0. The first-order chi connectivity index (χ1) is 8.28. The van der Waals surface area contributed by atoms with Gasteiger partial charge in [-0.25, -0.2) is 0 Å². The van der Waals surface area contributed by atoms with Crippen LogP contribution in [0.2, 0.25) is 0 Å². The fourth-order valence-electron chi connectivity index (χ4n) is 5.41. The van der Waals surface area contributed by atoms with E-state index in [1.54, 1.807) is 0 Å². The molecule has 0 aliphatic heterocycles. The van der Waals surface area contributed by atoms with E-state index in [2.05, 4.69) is 39.8 Å². The highest BCUT2D eigenvalue weighted by atomic mass is 16.3. The molecule has 2 bridgehead atoms. The molecule has 0 spiro atoms. The average molecular weight is 254 g/mol. The van der Waals surface area contributed by atoms with Crippen LogP contribution < -0.4 is 5.73 Å². The second kappa shape index (κ2) is 4.19. The molecule has 0 amide bonds. The van der Waals surface area contributed by atoms with Crippen LogP contribution in [0, 0.1) is 22.7 Å². The highest BCUT2D eigenvalue weighted by Crippen LogP contribution is 2.72. The van der Waals surface area contributed by atoms with Gasteiger partial charge in [-0.3, -0.25) is 0 Å². The van der Waals surface area contributed by atoms with Crippen LogP contribution in [0.25, 0.3) is 0 Å². The van der Waals surface area contributed by atoms with Crippen LogP contribution >= 0.6 is 0 Å². The third-order valence-corrected chi connectivity index (χ3v) is 6.93. The highest BCUT2D eigenvalue weighted by molar-refractivity contribution is 5.23. The van der Waals surface area contributed by atoms with Crippen molar-refractivity contribution >= 4 is 0 Å². The van der Waals surface area contributed by atoms with E-state index in [0.717, 1.165) is 5.92 Å². The zero-order valence-electron chi connectivity index (χ0n) is 12.7. The second-order valence-electron chi connectivity index (χ2n) is 7.43. The summed E-state index contributed by atoms with van der Waals surface area (Å²) in [5.41, 5.74) is 6.64. The first-order valence-corrected chi connectivity index (χ1v) is 7.26. The van der Waals surface area contributed by atoms with Crippen molar-refractivity contribution in [3.8, 4) is 0 Å². The first-order valence-electron chi connectivity index (χ1n) is 7.26. The molecule has 3 heteroatoms. The predicted molar refractivity (Wildman–Crippen MR) is 75.3 cm³/mol. The topological polar surface area (TPSA) is 49.5 Å². The third kappa shape index (κ3) is 1.36. The zero-order chi connectivity index (χ0) is 13.8. The smallest absolute Gasteiger partial charge is 0.0489 e. The molecule has 18 heavy (non-hydrogen) atoms. The summed E-state index contributed by atoms with van der Waals surface area (Å²) in [6.07, 6.45) is 3.78. The molecule has 2 rings (SSSR count). The van der Waals surface area contributed by atoms with Crippen molar-refractivity contribution in [3.05, 3.63) is 0 Å². The van der Waals surface area contributed by atoms with Crippen LogP contribution in [0.4, 0.5) is 0 Å². The number of aliphatic hydroxyl groups is 1. The fraction of sp³-hybridized carbons (Fsp3) is 1.00. The highest BCUT2D eigenvalue weighted by Gasteiger charge is 2.70. The van der Waals surface area contributed by atoms with Gasteiger partial charge in [-0.1, -0.05) is 20.8 Å². The number of nitrogens with zero attached hydrogens (tertiary/aromatic N) is 1. The summed E-state index contributed by atoms with van der Waals surface area (Å²) in [6, 6.07) is 0. The number of hydrogen-bond acceptors (Lipinski definition) is 3. The van der Waals surface area contributed by atoms with Gasteiger partial charge in [0.15, 0.2) is 0 Å². The van der Waals surface area contributed by atoms with E-state index in [9.17, 15) is 5.11 Å². The molecule has 0 radical (unpaired) electrons. The first kappa shape index (κ1) is 14.3. The summed E-state index contributed by atoms with van der Waals surface area (Å²) in [6.45, 7) is 8.04. The fourth-order valence-corrected chi connectivity index (χ4v) is 5.41. The van der Waals surface area contributed by atoms with Gasteiger partial charge in [0.05, 0.1) is 0 Å². The van der Waals surface area contributed by atoms with Crippen molar-refractivity contribution in [2.75, 3.05) is 27.2 Å². The SMILES string of the molecule is CN(C)[C@@]1([C@@H](CN)CO)C[C@@H]2CC[C@]1(C)C2(C)C. The molecule has 2 aliphatic rings. The number of rotatable bonds is 4. The van der Waals surface area contributed by atoms with Crippen molar-refractivity contribution in [2.45, 2.75) is 45.6 Å². The lowest BCUT2D eigenvalue weighted by Crippen LogP contribution is -2.63. The van der Waals surface area contributed by atoms with Crippen LogP contribution in [-0.4, -0.2) is 42.8 Å². The Morgan fingerprint density at radius 2 is 1.94 bits per heavy atom. The standard InChI is InChI=1S/C15H30N2O/c1-13(2)11-6-7-14(13,3)15(8-11,17(4)5)12(9-16)10-18/h11-12,18H,6-10,16H2,1-5H3/t11-,12-,14+,15+/m0/s1. The average Bonchev–Trinajstić information content (AvgIpc) is 2.62. The molecule has 2 fully saturated rings. The molecule has 0 aromatic carbocycles. The van der Waals surface area contributed by atoms with E-state index in [4.69, 9.17) is 5.73 Å². The second-order valence-corrected chi connectivity index (χ2v) is 7.43. The molecule has 0 aromatic rings. The Labute approximate surface area is 112 Å². The van der Waals surface area contributed by atoms with E-state index in [1.165, 1.54) is 19.3 Å². The maximum absolute atomic E-state index is 9.81. The van der Waals surface area contributed by atoms with E-state index in [-0.39, 0.29) is 23.5 Å². The lowest BCUT2D eigenvalue weighted by molar-refractivity contribution is -0.0723. The Kier molecular flexibility index (Phi) is 3.33. The van der Waals surface area contributed by atoms with Gasteiger partial charge in [-0.15, -0.1) is 0 Å². The maximum atomic E-state index is 9.81. The van der Waals surface area contributed by atoms with Gasteiger partial charge in [-0.05, 0) is 56.7 Å². The van der Waals surface area contributed by atoms with Gasteiger partial charge in [0.2, 0.25) is 0 Å². The monoisotopic (exact) mass is 254 g/mol. The van der Waals surface area contributed by atoms with Crippen molar-refractivity contribution in [3.63, 3.8) is 0 Å². The van der Waals surface area contributed by atoms with Crippen LogP contribution in [0.15, 0.2) is 0 Å². The third-order valence-electron chi connectivity index (χ3n) is 6.93. The van der Waals surface area contributed by atoms with Crippen molar-refractivity contribution in [1.29, 1.82) is 0 Å². The van der Waals surface area contributed by atoms with Gasteiger partial charge < -0.3 is 15.7 Å². The van der Waals surface area contributed by atoms with Crippen molar-refractivity contribution in [1.82, 2.24) is 4.90 Å². The normalized spacial score (nSPS) is 43.7. The van der Waals surface area contributed by atoms with Crippen molar-refractivity contribution < 1.29 is 5.11 Å². The number of nitrogens with two attached hydrogens (primary N) is 1. The van der Waals surface area contributed by atoms with Gasteiger partial charge in [-0.2, -0.15) is 0 Å². The lowest BCUT2D eigenvalue weighted by atomic mass is 9.58. The summed E-state index contributed by atoms with van der Waals surface area (Å²) < 4.78 is 0.